The second-order valence-corrected chi connectivity index (χ2v) is 3.66. The number of halogens is 3. The standard InChI is InChI=1S/C12H11F3N2O2/c1-19-9-4-2-3-8(7-16)11(9)17-10(18)5-6-12(13,14)15/h2-4H,5-6H2,1H3,(H,17,18). The van der Waals surface area contributed by atoms with Crippen LogP contribution in [0.4, 0.5) is 18.9 Å². The van der Waals surface area contributed by atoms with Crippen molar-refractivity contribution in [1.29, 1.82) is 5.26 Å². The van der Waals surface area contributed by atoms with Crippen molar-refractivity contribution >= 4 is 11.6 Å². The molecule has 7 heteroatoms. The highest BCUT2D eigenvalue weighted by Gasteiger charge is 2.28. The Morgan fingerprint density at radius 3 is 2.68 bits per heavy atom. The second kappa shape index (κ2) is 6.09. The molecule has 0 heterocycles. The summed E-state index contributed by atoms with van der Waals surface area (Å²) in [5, 5.41) is 11.1. The zero-order valence-electron chi connectivity index (χ0n) is 10.0. The largest absolute Gasteiger partial charge is 0.495 e. The van der Waals surface area contributed by atoms with Crippen LogP contribution in [0.1, 0.15) is 18.4 Å². The first-order chi connectivity index (χ1) is 8.87. The molecule has 0 saturated heterocycles. The fraction of sp³-hybridized carbons (Fsp3) is 0.333. The van der Waals surface area contributed by atoms with Crippen LogP contribution in [0, 0.1) is 11.3 Å². The Balaban J connectivity index is 2.82. The molecule has 4 nitrogen and oxygen atoms in total. The van der Waals surface area contributed by atoms with E-state index in [4.69, 9.17) is 10.00 Å². The number of hydrogen-bond acceptors (Lipinski definition) is 3. The number of alkyl halides is 3. The third-order valence-corrected chi connectivity index (χ3v) is 2.27. The van der Waals surface area contributed by atoms with E-state index < -0.39 is 24.9 Å². The van der Waals surface area contributed by atoms with Crippen molar-refractivity contribution in [3.05, 3.63) is 23.8 Å². The van der Waals surface area contributed by atoms with E-state index >= 15 is 0 Å². The molecule has 0 spiro atoms. The Bertz CT molecular complexity index is 507. The van der Waals surface area contributed by atoms with Crippen LogP contribution in [-0.4, -0.2) is 19.2 Å². The quantitative estimate of drug-likeness (QED) is 0.916. The minimum Gasteiger partial charge on any atom is -0.495 e. The lowest BCUT2D eigenvalue weighted by Gasteiger charge is -2.12. The molecule has 0 bridgehead atoms. The molecule has 0 radical (unpaired) electrons. The number of amides is 1. The third-order valence-electron chi connectivity index (χ3n) is 2.27. The van der Waals surface area contributed by atoms with Gasteiger partial charge < -0.3 is 10.1 Å². The van der Waals surface area contributed by atoms with Gasteiger partial charge in [-0.2, -0.15) is 18.4 Å². The van der Waals surface area contributed by atoms with Crippen molar-refractivity contribution in [1.82, 2.24) is 0 Å². The molecule has 0 fully saturated rings. The molecular weight excluding hydrogens is 261 g/mol. The average Bonchev–Trinajstić information content (AvgIpc) is 2.35. The molecule has 1 rings (SSSR count). The van der Waals surface area contributed by atoms with Gasteiger partial charge in [0, 0.05) is 6.42 Å². The Hall–Kier alpha value is -2.23. The molecule has 1 amide bonds. The van der Waals surface area contributed by atoms with Crippen molar-refractivity contribution in [3.63, 3.8) is 0 Å². The average molecular weight is 272 g/mol. The van der Waals surface area contributed by atoms with E-state index in [0.717, 1.165) is 0 Å². The number of methoxy groups -OCH3 is 1. The lowest BCUT2D eigenvalue weighted by Crippen LogP contribution is -2.17. The number of carbonyl (C=O) groups is 1. The highest BCUT2D eigenvalue weighted by atomic mass is 19.4. The van der Waals surface area contributed by atoms with E-state index in [0.29, 0.717) is 0 Å². The van der Waals surface area contributed by atoms with E-state index in [1.54, 1.807) is 6.07 Å². The van der Waals surface area contributed by atoms with Gasteiger partial charge in [-0.3, -0.25) is 4.79 Å². The molecule has 0 unspecified atom stereocenters. The molecular formula is C12H11F3N2O2. The second-order valence-electron chi connectivity index (χ2n) is 3.66. The fourth-order valence-electron chi connectivity index (χ4n) is 1.38. The maximum Gasteiger partial charge on any atom is 0.389 e. The minimum absolute atomic E-state index is 0.0830. The first-order valence-corrected chi connectivity index (χ1v) is 5.31. The lowest BCUT2D eigenvalue weighted by atomic mass is 10.1. The van der Waals surface area contributed by atoms with Crippen molar-refractivity contribution in [2.75, 3.05) is 12.4 Å². The van der Waals surface area contributed by atoms with Gasteiger partial charge in [0.2, 0.25) is 5.91 Å². The van der Waals surface area contributed by atoms with Gasteiger partial charge in [0.1, 0.15) is 17.5 Å². The van der Waals surface area contributed by atoms with Gasteiger partial charge in [-0.05, 0) is 12.1 Å². The van der Waals surface area contributed by atoms with Gasteiger partial charge in [-0.1, -0.05) is 6.07 Å². The molecule has 0 aliphatic carbocycles. The zero-order valence-corrected chi connectivity index (χ0v) is 10.0. The van der Waals surface area contributed by atoms with E-state index in [-0.39, 0.29) is 17.0 Å². The number of hydrogen-bond donors (Lipinski definition) is 1. The van der Waals surface area contributed by atoms with Crippen molar-refractivity contribution in [2.45, 2.75) is 19.0 Å². The Morgan fingerprint density at radius 2 is 2.16 bits per heavy atom. The summed E-state index contributed by atoms with van der Waals surface area (Å²) in [6, 6.07) is 6.31. The molecule has 19 heavy (non-hydrogen) atoms. The molecule has 0 aliphatic heterocycles. The summed E-state index contributed by atoms with van der Waals surface area (Å²) in [5.41, 5.74) is 0.208. The van der Waals surface area contributed by atoms with E-state index in [2.05, 4.69) is 5.32 Å². The predicted molar refractivity (Wildman–Crippen MR) is 61.6 cm³/mol. The molecule has 1 aromatic rings. The van der Waals surface area contributed by atoms with Gasteiger partial charge in [-0.15, -0.1) is 0 Å². The molecule has 102 valence electrons. The highest BCUT2D eigenvalue weighted by molar-refractivity contribution is 5.93. The fourth-order valence-corrected chi connectivity index (χ4v) is 1.38. The van der Waals surface area contributed by atoms with Gasteiger partial charge in [-0.25, -0.2) is 0 Å². The first-order valence-electron chi connectivity index (χ1n) is 5.31. The van der Waals surface area contributed by atoms with Crippen LogP contribution in [-0.2, 0) is 4.79 Å². The van der Waals surface area contributed by atoms with Crippen LogP contribution in [0.3, 0.4) is 0 Å². The molecule has 1 N–H and O–H groups in total. The number of carbonyl (C=O) groups excluding carboxylic acids is 1. The van der Waals surface area contributed by atoms with Crippen molar-refractivity contribution < 1.29 is 22.7 Å². The highest BCUT2D eigenvalue weighted by Crippen LogP contribution is 2.28. The Kier molecular flexibility index (Phi) is 4.75. The summed E-state index contributed by atoms with van der Waals surface area (Å²) in [5.74, 6) is -0.599. The van der Waals surface area contributed by atoms with Crippen LogP contribution in [0.5, 0.6) is 5.75 Å². The molecule has 1 aromatic carbocycles. The Morgan fingerprint density at radius 1 is 1.47 bits per heavy atom. The normalized spacial score (nSPS) is 10.7. The monoisotopic (exact) mass is 272 g/mol. The Labute approximate surface area is 107 Å². The van der Waals surface area contributed by atoms with Crippen LogP contribution < -0.4 is 10.1 Å². The van der Waals surface area contributed by atoms with Gasteiger partial charge in [0.15, 0.2) is 0 Å². The molecule has 0 saturated carbocycles. The number of rotatable bonds is 4. The zero-order chi connectivity index (χ0) is 14.5. The number of para-hydroxylation sites is 1. The van der Waals surface area contributed by atoms with E-state index in [9.17, 15) is 18.0 Å². The summed E-state index contributed by atoms with van der Waals surface area (Å²) < 4.78 is 40.9. The number of nitrogens with one attached hydrogen (secondary N) is 1. The summed E-state index contributed by atoms with van der Waals surface area (Å²) in [4.78, 5) is 11.4. The number of benzene rings is 1. The van der Waals surface area contributed by atoms with E-state index in [1.807, 2.05) is 6.07 Å². The topological polar surface area (TPSA) is 62.1 Å². The minimum atomic E-state index is -4.39. The molecule has 0 aliphatic rings. The smallest absolute Gasteiger partial charge is 0.389 e. The summed E-state index contributed by atoms with van der Waals surface area (Å²) in [6.07, 6.45) is -6.31. The van der Waals surface area contributed by atoms with Crippen LogP contribution in [0.15, 0.2) is 18.2 Å². The summed E-state index contributed by atoms with van der Waals surface area (Å²) >= 11 is 0. The summed E-state index contributed by atoms with van der Waals surface area (Å²) in [6.45, 7) is 0. The van der Waals surface area contributed by atoms with E-state index in [1.165, 1.54) is 19.2 Å². The van der Waals surface area contributed by atoms with Gasteiger partial charge in [0.05, 0.1) is 19.1 Å². The molecule has 0 atom stereocenters. The number of anilines is 1. The number of ether oxygens (including phenoxy) is 1. The first kappa shape index (κ1) is 14.8. The maximum absolute atomic E-state index is 12.0. The number of nitrogens with zero attached hydrogens (tertiary/aromatic N) is 1. The van der Waals surface area contributed by atoms with Crippen molar-refractivity contribution in [2.24, 2.45) is 0 Å². The van der Waals surface area contributed by atoms with Gasteiger partial charge in [0.25, 0.3) is 0 Å². The van der Waals surface area contributed by atoms with Gasteiger partial charge >= 0.3 is 6.18 Å². The van der Waals surface area contributed by atoms with Crippen LogP contribution in [0.2, 0.25) is 0 Å². The third kappa shape index (κ3) is 4.50. The SMILES string of the molecule is COc1cccc(C#N)c1NC(=O)CCC(F)(F)F. The molecule has 0 aromatic heterocycles. The maximum atomic E-state index is 12.0. The van der Waals surface area contributed by atoms with Crippen LogP contribution >= 0.6 is 0 Å². The van der Waals surface area contributed by atoms with Crippen molar-refractivity contribution in [3.8, 4) is 11.8 Å². The number of nitriles is 1. The predicted octanol–water partition coefficient (Wildman–Crippen LogP) is 2.85. The lowest BCUT2D eigenvalue weighted by molar-refractivity contribution is -0.142. The summed E-state index contributed by atoms with van der Waals surface area (Å²) in [7, 11) is 1.34. The van der Waals surface area contributed by atoms with Crippen LogP contribution in [0.25, 0.3) is 0 Å².